The van der Waals surface area contributed by atoms with Crippen LogP contribution in [0.1, 0.15) is 30.0 Å². The largest absolute Gasteiger partial charge is 0.492 e. The molecule has 0 N–H and O–H groups in total. The molecule has 31 heavy (non-hydrogen) atoms. The lowest BCUT2D eigenvalue weighted by molar-refractivity contribution is 0.298. The summed E-state index contributed by atoms with van der Waals surface area (Å²) in [5.74, 6) is 0.899. The molecular formula is C28H26INO. The molecule has 0 radical (unpaired) electrons. The van der Waals surface area contributed by atoms with Crippen molar-refractivity contribution in [3.8, 4) is 5.75 Å². The summed E-state index contributed by atoms with van der Waals surface area (Å²) in [6.07, 6.45) is 5.07. The van der Waals surface area contributed by atoms with Gasteiger partial charge in [0.05, 0.1) is 6.54 Å². The molecule has 0 atom stereocenters. The van der Waals surface area contributed by atoms with Crippen LogP contribution in [-0.2, 0) is 6.54 Å². The minimum absolute atomic E-state index is 0.651. The number of rotatable bonds is 8. The van der Waals surface area contributed by atoms with Crippen molar-refractivity contribution in [3.05, 3.63) is 124 Å². The number of allylic oxidation sites excluding steroid dienone is 1. The summed E-state index contributed by atoms with van der Waals surface area (Å²) in [5.41, 5.74) is 6.35. The molecule has 0 aliphatic carbocycles. The minimum atomic E-state index is 0.651. The van der Waals surface area contributed by atoms with Gasteiger partial charge in [-0.1, -0.05) is 61.5 Å². The molecule has 0 spiro atoms. The summed E-state index contributed by atoms with van der Waals surface area (Å²) in [6.45, 7) is 3.72. The lowest BCUT2D eigenvalue weighted by Gasteiger charge is -2.17. The SMILES string of the molecule is CC/C(=C(/c1ccc(I)cc1)c1ccc(OCCn2cccc2)cc1)c1ccccc1. The van der Waals surface area contributed by atoms with Gasteiger partial charge in [-0.2, -0.15) is 0 Å². The smallest absolute Gasteiger partial charge is 0.119 e. The molecular weight excluding hydrogens is 493 g/mol. The van der Waals surface area contributed by atoms with E-state index in [2.05, 4.69) is 125 Å². The van der Waals surface area contributed by atoms with E-state index in [1.165, 1.54) is 31.4 Å². The molecule has 0 fully saturated rings. The van der Waals surface area contributed by atoms with Crippen LogP contribution >= 0.6 is 22.6 Å². The van der Waals surface area contributed by atoms with Gasteiger partial charge in [0.15, 0.2) is 0 Å². The Bertz CT molecular complexity index is 1110. The molecule has 3 heteroatoms. The first-order valence-electron chi connectivity index (χ1n) is 10.6. The number of hydrogen-bond donors (Lipinski definition) is 0. The minimum Gasteiger partial charge on any atom is -0.492 e. The maximum Gasteiger partial charge on any atom is 0.119 e. The van der Waals surface area contributed by atoms with Crippen LogP contribution in [0.25, 0.3) is 11.1 Å². The third-order valence-electron chi connectivity index (χ3n) is 5.34. The highest BCUT2D eigenvalue weighted by molar-refractivity contribution is 14.1. The number of ether oxygens (including phenoxy) is 1. The van der Waals surface area contributed by atoms with Crippen molar-refractivity contribution in [2.45, 2.75) is 19.9 Å². The summed E-state index contributed by atoms with van der Waals surface area (Å²) in [5, 5.41) is 0. The number of aromatic nitrogens is 1. The van der Waals surface area contributed by atoms with Crippen LogP contribution in [0, 0.1) is 3.57 Å². The maximum atomic E-state index is 5.97. The van der Waals surface area contributed by atoms with E-state index in [-0.39, 0.29) is 0 Å². The number of hydrogen-bond acceptors (Lipinski definition) is 1. The number of halogens is 1. The van der Waals surface area contributed by atoms with Gasteiger partial charge in [0, 0.05) is 16.0 Å². The van der Waals surface area contributed by atoms with Gasteiger partial charge in [-0.3, -0.25) is 0 Å². The van der Waals surface area contributed by atoms with Crippen molar-refractivity contribution < 1.29 is 4.74 Å². The van der Waals surface area contributed by atoms with E-state index in [9.17, 15) is 0 Å². The standard InChI is InChI=1S/C28H26INO/c1-2-27(22-8-4-3-5-9-22)28(23-10-14-25(29)15-11-23)24-12-16-26(17-13-24)31-21-20-30-18-6-7-19-30/h3-19H,2,20-21H2,1H3/b28-27+. The fourth-order valence-corrected chi connectivity index (χ4v) is 4.16. The fraction of sp³-hybridized carbons (Fsp3) is 0.143. The number of benzene rings is 3. The van der Waals surface area contributed by atoms with Crippen LogP contribution in [-0.4, -0.2) is 11.2 Å². The predicted octanol–water partition coefficient (Wildman–Crippen LogP) is 7.54. The zero-order valence-corrected chi connectivity index (χ0v) is 19.8. The van der Waals surface area contributed by atoms with E-state index >= 15 is 0 Å². The summed E-state index contributed by atoms with van der Waals surface area (Å²) < 4.78 is 9.33. The van der Waals surface area contributed by atoms with Crippen molar-refractivity contribution in [2.75, 3.05) is 6.61 Å². The second-order valence-corrected chi connectivity index (χ2v) is 8.62. The second-order valence-electron chi connectivity index (χ2n) is 7.37. The Hall–Kier alpha value is -2.79. The Balaban J connectivity index is 1.65. The van der Waals surface area contributed by atoms with Crippen molar-refractivity contribution in [3.63, 3.8) is 0 Å². The molecule has 2 nitrogen and oxygen atoms in total. The topological polar surface area (TPSA) is 14.2 Å². The van der Waals surface area contributed by atoms with E-state index in [4.69, 9.17) is 4.74 Å². The first-order chi connectivity index (χ1) is 15.2. The molecule has 4 rings (SSSR count). The van der Waals surface area contributed by atoms with Gasteiger partial charge in [0.2, 0.25) is 0 Å². The summed E-state index contributed by atoms with van der Waals surface area (Å²) in [7, 11) is 0. The van der Waals surface area contributed by atoms with Crippen molar-refractivity contribution in [1.29, 1.82) is 0 Å². The van der Waals surface area contributed by atoms with Crippen LogP contribution < -0.4 is 4.74 Å². The average molecular weight is 519 g/mol. The number of nitrogens with zero attached hydrogens (tertiary/aromatic N) is 1. The molecule has 0 aliphatic rings. The first-order valence-corrected chi connectivity index (χ1v) is 11.7. The Kier molecular flexibility index (Phi) is 7.26. The normalized spacial score (nSPS) is 11.8. The van der Waals surface area contributed by atoms with Crippen LogP contribution in [0.3, 0.4) is 0 Å². The fourth-order valence-electron chi connectivity index (χ4n) is 3.80. The molecule has 1 heterocycles. The Morgan fingerprint density at radius 1 is 0.742 bits per heavy atom. The van der Waals surface area contributed by atoms with Gasteiger partial charge in [0.25, 0.3) is 0 Å². The highest BCUT2D eigenvalue weighted by Crippen LogP contribution is 2.35. The molecule has 0 amide bonds. The summed E-state index contributed by atoms with van der Waals surface area (Å²) in [6, 6.07) is 32.1. The molecule has 4 aromatic rings. The van der Waals surface area contributed by atoms with E-state index in [1.807, 2.05) is 12.1 Å². The highest BCUT2D eigenvalue weighted by Gasteiger charge is 2.13. The Labute approximate surface area is 198 Å². The zero-order valence-electron chi connectivity index (χ0n) is 17.7. The lowest BCUT2D eigenvalue weighted by atomic mass is 9.88. The predicted molar refractivity (Wildman–Crippen MR) is 138 cm³/mol. The molecule has 0 aliphatic heterocycles. The van der Waals surface area contributed by atoms with Gasteiger partial charge in [-0.05, 0) is 93.2 Å². The molecule has 0 saturated heterocycles. The second kappa shape index (κ2) is 10.5. The summed E-state index contributed by atoms with van der Waals surface area (Å²) >= 11 is 2.36. The molecule has 1 aromatic heterocycles. The first kappa shape index (κ1) is 21.4. The third-order valence-corrected chi connectivity index (χ3v) is 6.06. The summed E-state index contributed by atoms with van der Waals surface area (Å²) in [4.78, 5) is 0. The molecule has 156 valence electrons. The maximum absolute atomic E-state index is 5.97. The van der Waals surface area contributed by atoms with Crippen LogP contribution in [0.15, 0.2) is 103 Å². The van der Waals surface area contributed by atoms with E-state index in [0.717, 1.165) is 18.7 Å². The van der Waals surface area contributed by atoms with Crippen LogP contribution in [0.4, 0.5) is 0 Å². The van der Waals surface area contributed by atoms with Crippen molar-refractivity contribution in [2.24, 2.45) is 0 Å². The monoisotopic (exact) mass is 519 g/mol. The van der Waals surface area contributed by atoms with Crippen molar-refractivity contribution >= 4 is 33.7 Å². The molecule has 3 aromatic carbocycles. The van der Waals surface area contributed by atoms with E-state index in [0.29, 0.717) is 6.61 Å². The third kappa shape index (κ3) is 5.47. The lowest BCUT2D eigenvalue weighted by Crippen LogP contribution is -2.06. The van der Waals surface area contributed by atoms with Gasteiger partial charge < -0.3 is 9.30 Å². The van der Waals surface area contributed by atoms with E-state index in [1.54, 1.807) is 0 Å². The average Bonchev–Trinajstić information content (AvgIpc) is 3.33. The van der Waals surface area contributed by atoms with Crippen LogP contribution in [0.2, 0.25) is 0 Å². The van der Waals surface area contributed by atoms with Gasteiger partial charge >= 0.3 is 0 Å². The molecule has 0 unspecified atom stereocenters. The highest BCUT2D eigenvalue weighted by atomic mass is 127. The Morgan fingerprint density at radius 3 is 1.97 bits per heavy atom. The quantitative estimate of drug-likeness (QED) is 0.173. The van der Waals surface area contributed by atoms with E-state index < -0.39 is 0 Å². The van der Waals surface area contributed by atoms with Gasteiger partial charge in [-0.15, -0.1) is 0 Å². The van der Waals surface area contributed by atoms with Gasteiger partial charge in [-0.25, -0.2) is 0 Å². The zero-order chi connectivity index (χ0) is 21.5. The van der Waals surface area contributed by atoms with Gasteiger partial charge in [0.1, 0.15) is 12.4 Å². The molecule has 0 bridgehead atoms. The van der Waals surface area contributed by atoms with Crippen LogP contribution in [0.5, 0.6) is 5.75 Å². The molecule has 0 saturated carbocycles. The Morgan fingerprint density at radius 2 is 1.35 bits per heavy atom. The van der Waals surface area contributed by atoms with Crippen molar-refractivity contribution in [1.82, 2.24) is 4.57 Å².